The molecule has 23 heavy (non-hydrogen) atoms. The third kappa shape index (κ3) is 3.11. The van der Waals surface area contributed by atoms with Crippen molar-refractivity contribution in [2.75, 3.05) is 16.8 Å². The van der Waals surface area contributed by atoms with Crippen LogP contribution in [0.5, 0.6) is 0 Å². The van der Waals surface area contributed by atoms with E-state index in [1.54, 1.807) is 4.90 Å². The molecule has 2 aromatic carbocycles. The number of rotatable bonds is 3. The largest absolute Gasteiger partial charge is 0.325 e. The highest BCUT2D eigenvalue weighted by atomic mass is 16.2. The van der Waals surface area contributed by atoms with Crippen molar-refractivity contribution in [3.05, 3.63) is 59.7 Å². The number of hydrogen-bond acceptors (Lipinski definition) is 2. The van der Waals surface area contributed by atoms with Crippen molar-refractivity contribution in [1.29, 1.82) is 0 Å². The second-order valence-electron chi connectivity index (χ2n) is 5.98. The SMILES string of the molecule is Cc1ccc(C)c(N2CCC(C(=O)Nc3ccccc3)C2=O)c1. The number of carbonyl (C=O) groups excluding carboxylic acids is 2. The molecule has 0 aromatic heterocycles. The average Bonchev–Trinajstić information content (AvgIpc) is 2.92. The van der Waals surface area contributed by atoms with Crippen molar-refractivity contribution in [1.82, 2.24) is 0 Å². The number of carbonyl (C=O) groups is 2. The van der Waals surface area contributed by atoms with E-state index in [2.05, 4.69) is 5.32 Å². The van der Waals surface area contributed by atoms with E-state index in [0.29, 0.717) is 13.0 Å². The van der Waals surface area contributed by atoms with Gasteiger partial charge in [-0.1, -0.05) is 30.3 Å². The van der Waals surface area contributed by atoms with E-state index < -0.39 is 5.92 Å². The van der Waals surface area contributed by atoms with Crippen LogP contribution in [0.2, 0.25) is 0 Å². The molecule has 2 amide bonds. The molecule has 4 nitrogen and oxygen atoms in total. The van der Waals surface area contributed by atoms with Gasteiger partial charge in [-0.05, 0) is 49.6 Å². The third-order valence-corrected chi connectivity index (χ3v) is 4.22. The molecule has 4 heteroatoms. The first-order valence-electron chi connectivity index (χ1n) is 7.81. The predicted molar refractivity (Wildman–Crippen MR) is 91.4 cm³/mol. The van der Waals surface area contributed by atoms with Crippen LogP contribution < -0.4 is 10.2 Å². The van der Waals surface area contributed by atoms with Crippen molar-refractivity contribution in [2.24, 2.45) is 5.92 Å². The van der Waals surface area contributed by atoms with Crippen LogP contribution in [0, 0.1) is 19.8 Å². The Morgan fingerprint density at radius 3 is 2.61 bits per heavy atom. The average molecular weight is 308 g/mol. The Hall–Kier alpha value is -2.62. The zero-order chi connectivity index (χ0) is 16.4. The number of aryl methyl sites for hydroxylation is 2. The maximum atomic E-state index is 12.7. The highest BCUT2D eigenvalue weighted by Crippen LogP contribution is 2.29. The zero-order valence-electron chi connectivity index (χ0n) is 13.4. The predicted octanol–water partition coefficient (Wildman–Crippen LogP) is 3.30. The van der Waals surface area contributed by atoms with Gasteiger partial charge in [0.05, 0.1) is 0 Å². The van der Waals surface area contributed by atoms with E-state index in [9.17, 15) is 9.59 Å². The fourth-order valence-corrected chi connectivity index (χ4v) is 2.92. The molecule has 1 aliphatic heterocycles. The highest BCUT2D eigenvalue weighted by molar-refractivity contribution is 6.13. The molecule has 1 fully saturated rings. The summed E-state index contributed by atoms with van der Waals surface area (Å²) in [6.45, 7) is 4.57. The van der Waals surface area contributed by atoms with Crippen molar-refractivity contribution in [3.63, 3.8) is 0 Å². The summed E-state index contributed by atoms with van der Waals surface area (Å²) in [4.78, 5) is 26.8. The molecule has 1 heterocycles. The molecule has 1 unspecified atom stereocenters. The van der Waals surface area contributed by atoms with Gasteiger partial charge in [0, 0.05) is 17.9 Å². The van der Waals surface area contributed by atoms with Crippen LogP contribution in [-0.2, 0) is 9.59 Å². The van der Waals surface area contributed by atoms with E-state index in [4.69, 9.17) is 0 Å². The Kier molecular flexibility index (Phi) is 4.15. The Bertz CT molecular complexity index is 740. The second-order valence-corrected chi connectivity index (χ2v) is 5.98. The molecule has 0 bridgehead atoms. The number of anilines is 2. The van der Waals surface area contributed by atoms with Gasteiger partial charge in [0.15, 0.2) is 0 Å². The normalized spacial score (nSPS) is 17.4. The number of hydrogen-bond donors (Lipinski definition) is 1. The fraction of sp³-hybridized carbons (Fsp3) is 0.263. The molecule has 1 aliphatic rings. The molecule has 0 radical (unpaired) electrons. The minimum Gasteiger partial charge on any atom is -0.325 e. The van der Waals surface area contributed by atoms with Gasteiger partial charge in [-0.2, -0.15) is 0 Å². The first-order chi connectivity index (χ1) is 11.1. The van der Waals surface area contributed by atoms with E-state index in [0.717, 1.165) is 22.5 Å². The molecule has 0 aliphatic carbocycles. The van der Waals surface area contributed by atoms with Gasteiger partial charge in [0.2, 0.25) is 11.8 Å². The quantitative estimate of drug-likeness (QED) is 0.885. The Balaban J connectivity index is 1.76. The summed E-state index contributed by atoms with van der Waals surface area (Å²) in [7, 11) is 0. The minimum atomic E-state index is -0.616. The lowest BCUT2D eigenvalue weighted by Gasteiger charge is -2.19. The molecule has 2 aromatic rings. The van der Waals surface area contributed by atoms with Gasteiger partial charge >= 0.3 is 0 Å². The Labute approximate surface area is 136 Å². The minimum absolute atomic E-state index is 0.118. The summed E-state index contributed by atoms with van der Waals surface area (Å²) >= 11 is 0. The van der Waals surface area contributed by atoms with Gasteiger partial charge in [-0.15, -0.1) is 0 Å². The lowest BCUT2D eigenvalue weighted by atomic mass is 10.1. The van der Waals surface area contributed by atoms with Gasteiger partial charge < -0.3 is 10.2 Å². The summed E-state index contributed by atoms with van der Waals surface area (Å²) in [6.07, 6.45) is 0.547. The van der Waals surface area contributed by atoms with Crippen molar-refractivity contribution in [3.8, 4) is 0 Å². The van der Waals surface area contributed by atoms with Gasteiger partial charge in [-0.25, -0.2) is 0 Å². The van der Waals surface area contributed by atoms with Gasteiger partial charge in [0.1, 0.15) is 5.92 Å². The first-order valence-corrected chi connectivity index (χ1v) is 7.81. The van der Waals surface area contributed by atoms with Crippen molar-refractivity contribution in [2.45, 2.75) is 20.3 Å². The molecule has 0 saturated carbocycles. The topological polar surface area (TPSA) is 49.4 Å². The second kappa shape index (κ2) is 6.24. The number of nitrogens with zero attached hydrogens (tertiary/aromatic N) is 1. The zero-order valence-corrected chi connectivity index (χ0v) is 13.4. The van der Waals surface area contributed by atoms with E-state index in [-0.39, 0.29) is 11.8 Å². The smallest absolute Gasteiger partial charge is 0.239 e. The lowest BCUT2D eigenvalue weighted by Crippen LogP contribution is -2.33. The number of para-hydroxylation sites is 1. The summed E-state index contributed by atoms with van der Waals surface area (Å²) < 4.78 is 0. The maximum Gasteiger partial charge on any atom is 0.239 e. The van der Waals surface area contributed by atoms with Crippen LogP contribution >= 0.6 is 0 Å². The molecule has 1 atom stereocenters. The molecular formula is C19H20N2O2. The monoisotopic (exact) mass is 308 g/mol. The Morgan fingerprint density at radius 1 is 1.13 bits per heavy atom. The molecule has 0 spiro atoms. The maximum absolute atomic E-state index is 12.7. The molecule has 3 rings (SSSR count). The van der Waals surface area contributed by atoms with Crippen LogP contribution in [0.1, 0.15) is 17.5 Å². The van der Waals surface area contributed by atoms with E-state index in [1.807, 2.05) is 62.4 Å². The van der Waals surface area contributed by atoms with Gasteiger partial charge in [-0.3, -0.25) is 9.59 Å². The third-order valence-electron chi connectivity index (χ3n) is 4.22. The van der Waals surface area contributed by atoms with Crippen LogP contribution in [0.15, 0.2) is 48.5 Å². The molecule has 1 N–H and O–H groups in total. The summed E-state index contributed by atoms with van der Waals surface area (Å²) in [6, 6.07) is 15.3. The number of amides is 2. The standard InChI is InChI=1S/C19H20N2O2/c1-13-8-9-14(2)17(12-13)21-11-10-16(19(21)23)18(22)20-15-6-4-3-5-7-15/h3-9,12,16H,10-11H2,1-2H3,(H,20,22). The highest BCUT2D eigenvalue weighted by Gasteiger charge is 2.38. The molecular weight excluding hydrogens is 288 g/mol. The van der Waals surface area contributed by atoms with E-state index in [1.165, 1.54) is 0 Å². The van der Waals surface area contributed by atoms with Crippen LogP contribution in [0.25, 0.3) is 0 Å². The number of benzene rings is 2. The van der Waals surface area contributed by atoms with Gasteiger partial charge in [0.25, 0.3) is 0 Å². The summed E-state index contributed by atoms with van der Waals surface area (Å²) in [5.41, 5.74) is 3.78. The number of nitrogens with one attached hydrogen (secondary N) is 1. The summed E-state index contributed by atoms with van der Waals surface area (Å²) in [5, 5.41) is 2.83. The molecule has 118 valence electrons. The summed E-state index contributed by atoms with van der Waals surface area (Å²) in [5.74, 6) is -0.962. The fourth-order valence-electron chi connectivity index (χ4n) is 2.92. The van der Waals surface area contributed by atoms with Crippen LogP contribution in [0.3, 0.4) is 0 Å². The van der Waals surface area contributed by atoms with Crippen molar-refractivity contribution < 1.29 is 9.59 Å². The lowest BCUT2D eigenvalue weighted by molar-refractivity contribution is -0.129. The first kappa shape index (κ1) is 15.3. The van der Waals surface area contributed by atoms with E-state index >= 15 is 0 Å². The Morgan fingerprint density at radius 2 is 1.87 bits per heavy atom. The molecule has 1 saturated heterocycles. The van der Waals surface area contributed by atoms with Crippen molar-refractivity contribution >= 4 is 23.2 Å². The van der Waals surface area contributed by atoms with Crippen LogP contribution in [-0.4, -0.2) is 18.4 Å². The van der Waals surface area contributed by atoms with Crippen LogP contribution in [0.4, 0.5) is 11.4 Å².